The van der Waals surface area contributed by atoms with E-state index in [9.17, 15) is 4.79 Å². The van der Waals surface area contributed by atoms with Crippen molar-refractivity contribution in [2.75, 3.05) is 0 Å². The molecule has 0 spiro atoms. The Labute approximate surface area is 102 Å². The van der Waals surface area contributed by atoms with Gasteiger partial charge in [0.1, 0.15) is 17.6 Å². The third kappa shape index (κ3) is 2.36. The largest absolute Gasteiger partial charge is 0.490 e. The van der Waals surface area contributed by atoms with Crippen molar-refractivity contribution in [2.24, 2.45) is 5.92 Å². The number of benzene rings is 1. The van der Waals surface area contributed by atoms with Gasteiger partial charge in [0.15, 0.2) is 0 Å². The van der Waals surface area contributed by atoms with E-state index in [0.29, 0.717) is 18.1 Å². The number of ether oxygens (including phenoxy) is 1. The summed E-state index contributed by atoms with van der Waals surface area (Å²) in [5.74, 6) is 1.85. The fourth-order valence-electron chi connectivity index (χ4n) is 2.52. The first-order chi connectivity index (χ1) is 8.22. The summed E-state index contributed by atoms with van der Waals surface area (Å²) in [4.78, 5) is 11.6. The molecule has 0 N–H and O–H groups in total. The van der Waals surface area contributed by atoms with Gasteiger partial charge < -0.3 is 4.74 Å². The average Bonchev–Trinajstić information content (AvgIpc) is 3.07. The zero-order valence-electron chi connectivity index (χ0n) is 10.2. The van der Waals surface area contributed by atoms with Crippen LogP contribution in [0.1, 0.15) is 36.8 Å². The predicted octanol–water partition coefficient (Wildman–Crippen LogP) is 3.06. The van der Waals surface area contributed by atoms with E-state index < -0.39 is 0 Å². The number of aryl methyl sites for hydroxylation is 1. The molecule has 1 atom stereocenters. The number of rotatable bonds is 4. The van der Waals surface area contributed by atoms with Gasteiger partial charge >= 0.3 is 0 Å². The summed E-state index contributed by atoms with van der Waals surface area (Å²) in [6, 6.07) is 6.32. The van der Waals surface area contributed by atoms with Gasteiger partial charge in [-0.25, -0.2) is 0 Å². The fraction of sp³-hybridized carbons (Fsp3) is 0.533. The normalized spacial score (nSPS) is 22.1. The van der Waals surface area contributed by atoms with Crippen LogP contribution in [0.4, 0.5) is 0 Å². The van der Waals surface area contributed by atoms with Crippen LogP contribution >= 0.6 is 0 Å². The van der Waals surface area contributed by atoms with Crippen LogP contribution in [-0.2, 0) is 11.2 Å². The Morgan fingerprint density at radius 1 is 1.41 bits per heavy atom. The number of fused-ring (bicyclic) bond motifs is 1. The summed E-state index contributed by atoms with van der Waals surface area (Å²) in [5.41, 5.74) is 2.58. The minimum atomic E-state index is 0.217. The van der Waals surface area contributed by atoms with Gasteiger partial charge in [-0.1, -0.05) is 17.7 Å². The van der Waals surface area contributed by atoms with Crippen LogP contribution < -0.4 is 4.74 Å². The summed E-state index contributed by atoms with van der Waals surface area (Å²) in [7, 11) is 0. The Hall–Kier alpha value is -1.31. The summed E-state index contributed by atoms with van der Waals surface area (Å²) in [6.45, 7) is 2.10. The zero-order chi connectivity index (χ0) is 11.8. The van der Waals surface area contributed by atoms with E-state index in [2.05, 4.69) is 19.1 Å². The molecule has 2 nitrogen and oxygen atoms in total. The maximum absolute atomic E-state index is 11.6. The van der Waals surface area contributed by atoms with Crippen LogP contribution in [0.25, 0.3) is 0 Å². The Morgan fingerprint density at radius 3 is 3.00 bits per heavy atom. The quantitative estimate of drug-likeness (QED) is 0.794. The smallest absolute Gasteiger partial charge is 0.136 e. The average molecular weight is 230 g/mol. The van der Waals surface area contributed by atoms with Crippen LogP contribution in [-0.4, -0.2) is 11.9 Å². The van der Waals surface area contributed by atoms with Crippen LogP contribution in [0.15, 0.2) is 18.2 Å². The molecule has 1 unspecified atom stereocenters. The molecule has 1 saturated carbocycles. The molecular weight excluding hydrogens is 212 g/mol. The summed E-state index contributed by atoms with van der Waals surface area (Å²) in [6.07, 6.45) is 4.99. The van der Waals surface area contributed by atoms with E-state index in [1.807, 2.05) is 6.07 Å². The van der Waals surface area contributed by atoms with Crippen molar-refractivity contribution in [2.45, 2.75) is 45.1 Å². The highest BCUT2D eigenvalue weighted by atomic mass is 16.5. The van der Waals surface area contributed by atoms with Crippen molar-refractivity contribution in [3.63, 3.8) is 0 Å². The Kier molecular flexibility index (Phi) is 2.65. The molecule has 1 heterocycles. The summed E-state index contributed by atoms with van der Waals surface area (Å²) < 4.78 is 5.86. The lowest BCUT2D eigenvalue weighted by Crippen LogP contribution is -2.15. The van der Waals surface area contributed by atoms with Crippen molar-refractivity contribution >= 4 is 5.78 Å². The summed E-state index contributed by atoms with van der Waals surface area (Å²) >= 11 is 0. The number of carbonyl (C=O) groups excluding carboxylic acids is 1. The second-order valence-corrected chi connectivity index (χ2v) is 5.33. The molecule has 1 aliphatic carbocycles. The summed E-state index contributed by atoms with van der Waals surface area (Å²) in [5, 5.41) is 0. The fourth-order valence-corrected chi connectivity index (χ4v) is 2.52. The van der Waals surface area contributed by atoms with Crippen LogP contribution in [0.5, 0.6) is 5.75 Å². The highest BCUT2D eigenvalue weighted by Crippen LogP contribution is 2.34. The SMILES string of the molecule is Cc1ccc2c(c1)CC(CCC(=O)C1CC1)O2. The molecule has 0 bridgehead atoms. The van der Waals surface area contributed by atoms with Gasteiger partial charge in [0.25, 0.3) is 0 Å². The van der Waals surface area contributed by atoms with E-state index in [4.69, 9.17) is 4.74 Å². The number of ketones is 1. The minimum Gasteiger partial charge on any atom is -0.490 e. The molecule has 2 heteroatoms. The monoisotopic (exact) mass is 230 g/mol. The zero-order valence-corrected chi connectivity index (χ0v) is 10.2. The number of Topliss-reactive ketones (excluding diaryl/α,β-unsaturated/α-hetero) is 1. The van der Waals surface area contributed by atoms with Crippen LogP contribution in [0, 0.1) is 12.8 Å². The lowest BCUT2D eigenvalue weighted by molar-refractivity contribution is -0.120. The maximum Gasteiger partial charge on any atom is 0.136 e. The van der Waals surface area contributed by atoms with Crippen molar-refractivity contribution in [3.8, 4) is 5.75 Å². The Morgan fingerprint density at radius 2 is 2.24 bits per heavy atom. The molecule has 0 aromatic heterocycles. The second-order valence-electron chi connectivity index (χ2n) is 5.33. The minimum absolute atomic E-state index is 0.217. The topological polar surface area (TPSA) is 26.3 Å². The first-order valence-electron chi connectivity index (χ1n) is 6.51. The maximum atomic E-state index is 11.6. The molecule has 3 rings (SSSR count). The Bertz CT molecular complexity index is 446. The Balaban J connectivity index is 1.56. The third-order valence-corrected chi connectivity index (χ3v) is 3.70. The van der Waals surface area contributed by atoms with E-state index in [1.165, 1.54) is 11.1 Å². The molecule has 1 aromatic rings. The second kappa shape index (κ2) is 4.17. The van der Waals surface area contributed by atoms with Crippen molar-refractivity contribution < 1.29 is 9.53 Å². The molecule has 0 saturated heterocycles. The van der Waals surface area contributed by atoms with E-state index in [0.717, 1.165) is 31.4 Å². The first kappa shape index (κ1) is 10.8. The molecule has 1 fully saturated rings. The molecular formula is C15H18O2. The molecule has 17 heavy (non-hydrogen) atoms. The van der Waals surface area contributed by atoms with Crippen molar-refractivity contribution in [1.82, 2.24) is 0 Å². The van der Waals surface area contributed by atoms with Gasteiger partial charge in [-0.3, -0.25) is 4.79 Å². The van der Waals surface area contributed by atoms with E-state index >= 15 is 0 Å². The van der Waals surface area contributed by atoms with Gasteiger partial charge in [-0.05, 0) is 37.8 Å². The molecule has 1 aliphatic heterocycles. The van der Waals surface area contributed by atoms with Gasteiger partial charge in [0.2, 0.25) is 0 Å². The number of carbonyl (C=O) groups is 1. The highest BCUT2D eigenvalue weighted by Gasteiger charge is 2.30. The van der Waals surface area contributed by atoms with Crippen molar-refractivity contribution in [3.05, 3.63) is 29.3 Å². The van der Waals surface area contributed by atoms with Gasteiger partial charge in [-0.15, -0.1) is 0 Å². The van der Waals surface area contributed by atoms with Gasteiger partial charge in [0.05, 0.1) is 0 Å². The number of hydrogen-bond donors (Lipinski definition) is 0. The van der Waals surface area contributed by atoms with E-state index in [1.54, 1.807) is 0 Å². The van der Waals surface area contributed by atoms with Crippen LogP contribution in [0.2, 0.25) is 0 Å². The van der Waals surface area contributed by atoms with Crippen molar-refractivity contribution in [1.29, 1.82) is 0 Å². The third-order valence-electron chi connectivity index (χ3n) is 3.70. The lowest BCUT2D eigenvalue weighted by atomic mass is 10.0. The molecule has 1 aromatic carbocycles. The van der Waals surface area contributed by atoms with Crippen LogP contribution in [0.3, 0.4) is 0 Å². The molecule has 2 aliphatic rings. The molecule has 90 valence electrons. The highest BCUT2D eigenvalue weighted by molar-refractivity contribution is 5.83. The van der Waals surface area contributed by atoms with E-state index in [-0.39, 0.29) is 6.10 Å². The van der Waals surface area contributed by atoms with Gasteiger partial charge in [-0.2, -0.15) is 0 Å². The molecule has 0 radical (unpaired) electrons. The standard InChI is InChI=1S/C15H18O2/c1-10-2-7-15-12(8-10)9-13(17-15)5-6-14(16)11-3-4-11/h2,7-8,11,13H,3-6,9H2,1H3. The molecule has 0 amide bonds. The van der Waals surface area contributed by atoms with Gasteiger partial charge in [0, 0.05) is 18.8 Å². The first-order valence-corrected chi connectivity index (χ1v) is 6.51. The number of hydrogen-bond acceptors (Lipinski definition) is 2. The predicted molar refractivity (Wildman–Crippen MR) is 66.3 cm³/mol. The lowest BCUT2D eigenvalue weighted by Gasteiger charge is -2.09.